The minimum atomic E-state index is -0.652. The zero-order chi connectivity index (χ0) is 22.4. The highest BCUT2D eigenvalue weighted by Crippen LogP contribution is 2.21. The van der Waals surface area contributed by atoms with Crippen molar-refractivity contribution in [3.63, 3.8) is 0 Å². The molecule has 0 radical (unpaired) electrons. The van der Waals surface area contributed by atoms with Gasteiger partial charge in [-0.1, -0.05) is 48.5 Å². The Kier molecular flexibility index (Phi) is 6.95. The van der Waals surface area contributed by atoms with E-state index >= 15 is 0 Å². The van der Waals surface area contributed by atoms with Crippen molar-refractivity contribution in [2.45, 2.75) is 51.4 Å². The third-order valence-corrected chi connectivity index (χ3v) is 4.96. The lowest BCUT2D eigenvalue weighted by molar-refractivity contribution is -0.124. The lowest BCUT2D eigenvalue weighted by Gasteiger charge is -2.40. The Morgan fingerprint density at radius 3 is 2.29 bits per heavy atom. The number of ether oxygens (including phenoxy) is 1. The molecule has 2 N–H and O–H groups in total. The topological polar surface area (TPSA) is 87.7 Å². The highest BCUT2D eigenvalue weighted by atomic mass is 16.6. The molecule has 1 aliphatic heterocycles. The molecule has 0 aliphatic carbocycles. The summed E-state index contributed by atoms with van der Waals surface area (Å²) in [6.07, 6.45) is -0.489. The molecule has 7 nitrogen and oxygen atoms in total. The molecule has 3 rings (SSSR count). The quantitative estimate of drug-likeness (QED) is 0.774. The van der Waals surface area contributed by atoms with E-state index in [0.29, 0.717) is 12.1 Å². The highest BCUT2D eigenvalue weighted by molar-refractivity contribution is 5.95. The molecule has 0 aromatic heterocycles. The molecule has 1 fully saturated rings. The Hall–Kier alpha value is -3.35. The van der Waals surface area contributed by atoms with Gasteiger partial charge < -0.3 is 20.3 Å². The van der Waals surface area contributed by atoms with Crippen LogP contribution in [-0.4, -0.2) is 47.0 Å². The van der Waals surface area contributed by atoms with Gasteiger partial charge in [-0.3, -0.25) is 9.59 Å². The van der Waals surface area contributed by atoms with E-state index in [1.165, 1.54) is 0 Å². The van der Waals surface area contributed by atoms with Gasteiger partial charge in [0.25, 0.3) is 5.91 Å². The summed E-state index contributed by atoms with van der Waals surface area (Å²) in [6.45, 7) is 5.89. The van der Waals surface area contributed by atoms with Crippen LogP contribution in [0.15, 0.2) is 60.7 Å². The maximum Gasteiger partial charge on any atom is 0.408 e. The molecule has 1 heterocycles. The first-order valence-corrected chi connectivity index (χ1v) is 10.4. The van der Waals surface area contributed by atoms with Gasteiger partial charge in [-0.25, -0.2) is 4.79 Å². The van der Waals surface area contributed by atoms with Crippen LogP contribution in [0.3, 0.4) is 0 Å². The van der Waals surface area contributed by atoms with E-state index in [1.807, 2.05) is 36.4 Å². The second-order valence-corrected chi connectivity index (χ2v) is 8.61. The number of nitrogens with one attached hydrogen (secondary N) is 2. The number of rotatable bonds is 5. The maximum absolute atomic E-state index is 13.5. The van der Waals surface area contributed by atoms with Gasteiger partial charge in [0, 0.05) is 25.1 Å². The summed E-state index contributed by atoms with van der Waals surface area (Å²) in [5.74, 6) is -0.355. The molecule has 7 heteroatoms. The number of nitrogens with zero attached hydrogens (tertiary/aromatic N) is 1. The van der Waals surface area contributed by atoms with Crippen molar-refractivity contribution in [3.8, 4) is 0 Å². The number of benzene rings is 2. The second kappa shape index (κ2) is 9.64. The summed E-state index contributed by atoms with van der Waals surface area (Å²) in [7, 11) is 0. The fraction of sp³-hybridized carbons (Fsp3) is 0.375. The summed E-state index contributed by atoms with van der Waals surface area (Å²) in [5.41, 5.74) is 0.815. The van der Waals surface area contributed by atoms with Gasteiger partial charge in [-0.2, -0.15) is 0 Å². The molecule has 1 aliphatic rings. The van der Waals surface area contributed by atoms with Gasteiger partial charge in [-0.15, -0.1) is 0 Å². The highest BCUT2D eigenvalue weighted by Gasteiger charge is 2.38. The van der Waals surface area contributed by atoms with Gasteiger partial charge in [0.1, 0.15) is 5.60 Å². The third kappa shape index (κ3) is 6.31. The lowest BCUT2D eigenvalue weighted by atomic mass is 9.96. The van der Waals surface area contributed by atoms with E-state index in [4.69, 9.17) is 4.74 Å². The monoisotopic (exact) mass is 423 g/mol. The average Bonchev–Trinajstić information content (AvgIpc) is 2.73. The fourth-order valence-corrected chi connectivity index (χ4v) is 3.56. The zero-order valence-electron chi connectivity index (χ0n) is 18.1. The van der Waals surface area contributed by atoms with Crippen molar-refractivity contribution in [2.24, 2.45) is 0 Å². The Labute approximate surface area is 182 Å². The van der Waals surface area contributed by atoms with Crippen LogP contribution in [0, 0.1) is 0 Å². The predicted octanol–water partition coefficient (Wildman–Crippen LogP) is 3.11. The number of alkyl carbamates (subject to hydrolysis) is 1. The number of amides is 3. The van der Waals surface area contributed by atoms with Crippen LogP contribution in [0.25, 0.3) is 0 Å². The summed E-state index contributed by atoms with van der Waals surface area (Å²) < 4.78 is 5.39. The number of hydrogen-bond donors (Lipinski definition) is 2. The molecule has 31 heavy (non-hydrogen) atoms. The fourth-order valence-electron chi connectivity index (χ4n) is 3.56. The van der Waals surface area contributed by atoms with Crippen LogP contribution in [-0.2, 0) is 16.1 Å². The number of carbonyl (C=O) groups excluding carboxylic acids is 3. The van der Waals surface area contributed by atoms with Crippen LogP contribution in [0.5, 0.6) is 0 Å². The molecular formula is C24H29N3O4. The van der Waals surface area contributed by atoms with Crippen LogP contribution in [0.1, 0.15) is 43.1 Å². The Balaban J connectivity index is 1.90. The molecule has 3 amide bonds. The predicted molar refractivity (Wildman–Crippen MR) is 117 cm³/mol. The van der Waals surface area contributed by atoms with Crippen LogP contribution < -0.4 is 10.6 Å². The standard InChI is InChI=1S/C24H29N3O4/c1-24(2,3)31-23(30)26-19-15-25-21(28)14-20(19)27(16-17-10-6-4-7-11-17)22(29)18-12-8-5-9-13-18/h4-13,19-20H,14-16H2,1-3H3,(H,25,28)(H,26,30)/t19-,20+/m1/s1. The van der Waals surface area contributed by atoms with Gasteiger partial charge in [-0.05, 0) is 38.5 Å². The van der Waals surface area contributed by atoms with Gasteiger partial charge >= 0.3 is 6.09 Å². The van der Waals surface area contributed by atoms with Crippen molar-refractivity contribution in [3.05, 3.63) is 71.8 Å². The molecule has 2 aromatic rings. The van der Waals surface area contributed by atoms with E-state index in [0.717, 1.165) is 5.56 Å². The van der Waals surface area contributed by atoms with Gasteiger partial charge in [0.2, 0.25) is 5.91 Å². The van der Waals surface area contributed by atoms with Crippen molar-refractivity contribution in [2.75, 3.05) is 6.54 Å². The molecule has 0 unspecified atom stereocenters. The largest absolute Gasteiger partial charge is 0.444 e. The summed E-state index contributed by atoms with van der Waals surface area (Å²) in [4.78, 5) is 39.8. The summed E-state index contributed by atoms with van der Waals surface area (Å²) in [5, 5.41) is 5.63. The molecule has 0 spiro atoms. The smallest absolute Gasteiger partial charge is 0.408 e. The normalized spacial score (nSPS) is 18.6. The number of piperidine rings is 1. The summed E-state index contributed by atoms with van der Waals surface area (Å²) >= 11 is 0. The Morgan fingerprint density at radius 1 is 1.06 bits per heavy atom. The zero-order valence-corrected chi connectivity index (χ0v) is 18.1. The lowest BCUT2D eigenvalue weighted by Crippen LogP contribution is -2.62. The first-order chi connectivity index (χ1) is 14.7. The Morgan fingerprint density at radius 2 is 1.68 bits per heavy atom. The van der Waals surface area contributed by atoms with E-state index in [9.17, 15) is 14.4 Å². The van der Waals surface area contributed by atoms with Gasteiger partial charge in [0.05, 0.1) is 12.1 Å². The van der Waals surface area contributed by atoms with Crippen molar-refractivity contribution in [1.29, 1.82) is 0 Å². The first kappa shape index (κ1) is 22.3. The van der Waals surface area contributed by atoms with E-state index in [2.05, 4.69) is 10.6 Å². The Bertz CT molecular complexity index is 909. The average molecular weight is 424 g/mol. The molecule has 0 bridgehead atoms. The third-order valence-electron chi connectivity index (χ3n) is 4.96. The van der Waals surface area contributed by atoms with E-state index < -0.39 is 23.8 Å². The maximum atomic E-state index is 13.5. The first-order valence-electron chi connectivity index (χ1n) is 10.4. The van der Waals surface area contributed by atoms with Crippen molar-refractivity contribution in [1.82, 2.24) is 15.5 Å². The van der Waals surface area contributed by atoms with Crippen LogP contribution in [0.2, 0.25) is 0 Å². The molecule has 2 atom stereocenters. The molecule has 0 saturated carbocycles. The molecular weight excluding hydrogens is 394 g/mol. The second-order valence-electron chi connectivity index (χ2n) is 8.61. The van der Waals surface area contributed by atoms with Crippen molar-refractivity contribution >= 4 is 17.9 Å². The van der Waals surface area contributed by atoms with Crippen LogP contribution >= 0.6 is 0 Å². The molecule has 2 aromatic carbocycles. The van der Waals surface area contributed by atoms with E-state index in [1.54, 1.807) is 49.9 Å². The number of carbonyl (C=O) groups is 3. The van der Waals surface area contributed by atoms with Crippen molar-refractivity contribution < 1.29 is 19.1 Å². The minimum absolute atomic E-state index is 0.0892. The summed E-state index contributed by atoms with van der Waals surface area (Å²) in [6, 6.07) is 17.5. The minimum Gasteiger partial charge on any atom is -0.444 e. The molecule has 164 valence electrons. The molecule has 1 saturated heterocycles. The number of hydrogen-bond acceptors (Lipinski definition) is 4. The van der Waals surface area contributed by atoms with Gasteiger partial charge in [0.15, 0.2) is 0 Å². The van der Waals surface area contributed by atoms with Crippen LogP contribution in [0.4, 0.5) is 4.79 Å². The SMILES string of the molecule is CC(C)(C)OC(=O)N[C@@H]1CNC(=O)C[C@@H]1N(Cc1ccccc1)C(=O)c1ccccc1. The van der Waals surface area contributed by atoms with E-state index in [-0.39, 0.29) is 24.8 Å².